The van der Waals surface area contributed by atoms with Gasteiger partial charge in [0.05, 0.1) is 21.9 Å². The maximum atomic E-state index is 12.6. The van der Waals surface area contributed by atoms with Gasteiger partial charge in [-0.2, -0.15) is 5.10 Å². The van der Waals surface area contributed by atoms with Crippen LogP contribution in [0.2, 0.25) is 0 Å². The van der Waals surface area contributed by atoms with Crippen LogP contribution in [0.4, 0.5) is 11.5 Å². The van der Waals surface area contributed by atoms with Crippen LogP contribution in [-0.4, -0.2) is 60.0 Å². The first-order chi connectivity index (χ1) is 15.9. The second kappa shape index (κ2) is 9.42. The molecule has 0 amide bonds. The van der Waals surface area contributed by atoms with Crippen molar-refractivity contribution < 1.29 is 8.42 Å². The summed E-state index contributed by atoms with van der Waals surface area (Å²) in [5.41, 5.74) is 3.93. The average Bonchev–Trinajstić information content (AvgIpc) is 3.38. The van der Waals surface area contributed by atoms with E-state index in [1.54, 1.807) is 38.5 Å². The predicted molar refractivity (Wildman–Crippen MR) is 137 cm³/mol. The number of aromatic nitrogens is 4. The van der Waals surface area contributed by atoms with Crippen molar-refractivity contribution in [2.45, 2.75) is 31.4 Å². The van der Waals surface area contributed by atoms with E-state index in [-0.39, 0.29) is 7.43 Å². The fourth-order valence-corrected chi connectivity index (χ4v) is 5.29. The minimum absolute atomic E-state index is 0. The van der Waals surface area contributed by atoms with Crippen LogP contribution >= 0.6 is 0 Å². The first-order valence-corrected chi connectivity index (χ1v) is 12.6. The third kappa shape index (κ3) is 4.35. The molecule has 2 aromatic carbocycles. The Morgan fingerprint density at radius 1 is 0.941 bits per heavy atom. The number of rotatable bonds is 5. The van der Waals surface area contributed by atoms with Crippen molar-refractivity contribution in [2.75, 3.05) is 36.0 Å². The molecule has 1 fully saturated rings. The van der Waals surface area contributed by atoms with E-state index < -0.39 is 15.1 Å². The summed E-state index contributed by atoms with van der Waals surface area (Å²) in [5.74, 6) is 0.918. The molecule has 5 rings (SSSR count). The van der Waals surface area contributed by atoms with Crippen LogP contribution in [0.15, 0.2) is 66.1 Å². The van der Waals surface area contributed by atoms with Crippen molar-refractivity contribution in [1.29, 1.82) is 0 Å². The topological polar surface area (TPSA) is 95.1 Å². The third-order valence-electron chi connectivity index (χ3n) is 6.16. The molecule has 0 spiro atoms. The van der Waals surface area contributed by atoms with Gasteiger partial charge in [0.25, 0.3) is 0 Å². The highest BCUT2D eigenvalue weighted by Gasteiger charge is 2.23. The van der Waals surface area contributed by atoms with Crippen LogP contribution in [0, 0.1) is 0 Å². The maximum Gasteiger partial charge on any atom is 0.180 e. The third-order valence-corrected chi connectivity index (χ3v) is 8.31. The fraction of sp³-hybridized carbons (Fsp3) is 0.320. The van der Waals surface area contributed by atoms with Crippen LogP contribution < -0.4 is 9.80 Å². The summed E-state index contributed by atoms with van der Waals surface area (Å²) in [6, 6.07) is 13.4. The Bertz CT molecular complexity index is 1380. The normalized spacial score (nSPS) is 14.4. The van der Waals surface area contributed by atoms with Gasteiger partial charge in [-0.1, -0.05) is 19.6 Å². The van der Waals surface area contributed by atoms with Crippen molar-refractivity contribution in [3.05, 3.63) is 61.2 Å². The maximum absolute atomic E-state index is 12.6. The van der Waals surface area contributed by atoms with Crippen LogP contribution in [0.1, 0.15) is 21.3 Å². The largest absolute Gasteiger partial charge is 0.368 e. The molecule has 2 aromatic heterocycles. The summed E-state index contributed by atoms with van der Waals surface area (Å²) in [6.45, 7) is 6.54. The molecule has 1 saturated heterocycles. The van der Waals surface area contributed by atoms with Gasteiger partial charge in [0, 0.05) is 49.0 Å². The smallest absolute Gasteiger partial charge is 0.180 e. The Hall–Kier alpha value is -3.46. The molecule has 0 atom stereocenters. The molecule has 0 aliphatic carbocycles. The number of sulfone groups is 1. The lowest BCUT2D eigenvalue weighted by Gasteiger charge is -2.37. The molecule has 1 aliphatic rings. The van der Waals surface area contributed by atoms with Crippen molar-refractivity contribution in [1.82, 2.24) is 20.2 Å². The fourth-order valence-electron chi connectivity index (χ4n) is 4.19. The summed E-state index contributed by atoms with van der Waals surface area (Å²) < 4.78 is 25.2. The highest BCUT2D eigenvalue weighted by molar-refractivity contribution is 7.92. The molecule has 3 heterocycles. The van der Waals surface area contributed by atoms with E-state index in [0.717, 1.165) is 59.7 Å². The van der Waals surface area contributed by atoms with Gasteiger partial charge in [-0.3, -0.25) is 5.10 Å². The van der Waals surface area contributed by atoms with Gasteiger partial charge in [0.2, 0.25) is 0 Å². The first kappa shape index (κ1) is 23.7. The molecule has 34 heavy (non-hydrogen) atoms. The lowest BCUT2D eigenvalue weighted by molar-refractivity contribution is 0.587. The molecule has 4 aromatic rings. The summed E-state index contributed by atoms with van der Waals surface area (Å²) >= 11 is 0. The number of nitrogens with zero attached hydrogens (tertiary/aromatic N) is 5. The molecule has 0 radical (unpaired) electrons. The van der Waals surface area contributed by atoms with E-state index in [4.69, 9.17) is 0 Å². The number of piperazine rings is 1. The minimum atomic E-state index is -3.30. The van der Waals surface area contributed by atoms with Crippen LogP contribution in [0.25, 0.3) is 22.0 Å². The molecule has 178 valence electrons. The van der Waals surface area contributed by atoms with Crippen molar-refractivity contribution >= 4 is 32.2 Å². The highest BCUT2D eigenvalue weighted by Crippen LogP contribution is 2.30. The van der Waals surface area contributed by atoms with Gasteiger partial charge < -0.3 is 9.80 Å². The Morgan fingerprint density at radius 2 is 1.71 bits per heavy atom. The van der Waals surface area contributed by atoms with Gasteiger partial charge in [-0.15, -0.1) is 0 Å². The number of hydrogen-bond acceptors (Lipinski definition) is 7. The number of benzene rings is 2. The minimum Gasteiger partial charge on any atom is -0.368 e. The summed E-state index contributed by atoms with van der Waals surface area (Å²) in [5, 5.41) is 7.47. The summed E-state index contributed by atoms with van der Waals surface area (Å²) in [4.78, 5) is 13.9. The monoisotopic (exact) mass is 478 g/mol. The van der Waals surface area contributed by atoms with E-state index in [0.29, 0.717) is 4.90 Å². The first-order valence-electron chi connectivity index (χ1n) is 11.0. The number of fused-ring (bicyclic) bond motifs is 1. The molecule has 8 nitrogen and oxygen atoms in total. The molecule has 1 N–H and O–H groups in total. The zero-order chi connectivity index (χ0) is 23.0. The second-order valence-corrected chi connectivity index (χ2v) is 11.0. The second-order valence-electron chi connectivity index (χ2n) is 8.48. The van der Waals surface area contributed by atoms with Crippen LogP contribution in [0.5, 0.6) is 0 Å². The lowest BCUT2D eigenvalue weighted by Crippen LogP contribution is -2.47. The van der Waals surface area contributed by atoms with E-state index in [1.807, 2.05) is 30.5 Å². The molecule has 9 heteroatoms. The molecule has 0 saturated carbocycles. The van der Waals surface area contributed by atoms with Gasteiger partial charge >= 0.3 is 0 Å². The quantitative estimate of drug-likeness (QED) is 0.460. The average molecular weight is 479 g/mol. The lowest BCUT2D eigenvalue weighted by atomic mass is 10.1. The van der Waals surface area contributed by atoms with E-state index in [2.05, 4.69) is 36.0 Å². The Balaban J connectivity index is 0.00000274. The highest BCUT2D eigenvalue weighted by atomic mass is 32.2. The van der Waals surface area contributed by atoms with Crippen LogP contribution in [-0.2, 0) is 9.84 Å². The van der Waals surface area contributed by atoms with Gasteiger partial charge in [0.1, 0.15) is 12.1 Å². The Morgan fingerprint density at radius 3 is 2.41 bits per heavy atom. The molecular weight excluding hydrogens is 448 g/mol. The molecule has 0 unspecified atom stereocenters. The van der Waals surface area contributed by atoms with Crippen molar-refractivity contribution in [3.63, 3.8) is 0 Å². The number of hydrogen-bond donors (Lipinski definition) is 1. The Kier molecular flexibility index (Phi) is 6.56. The molecule has 0 bridgehead atoms. The van der Waals surface area contributed by atoms with Gasteiger partial charge in [-0.05, 0) is 49.7 Å². The van der Waals surface area contributed by atoms with Crippen molar-refractivity contribution in [3.8, 4) is 11.1 Å². The number of aromatic amines is 1. The van der Waals surface area contributed by atoms with E-state index in [1.165, 1.54) is 0 Å². The zero-order valence-corrected chi connectivity index (χ0v) is 19.5. The zero-order valence-electron chi connectivity index (χ0n) is 18.6. The summed E-state index contributed by atoms with van der Waals surface area (Å²) in [6.07, 6.45) is 5.29. The molecule has 1 aliphatic heterocycles. The van der Waals surface area contributed by atoms with E-state index >= 15 is 0 Å². The standard InChI is InChI=1S/C24H26N6O2S.CH4/c1-17(2)33(31,32)21-5-3-4-20(13-21)29-8-10-30(11-9-29)24-22-12-18(19-14-27-28-15-19)6-7-23(22)25-16-26-24;/h3-7,12-17H,8-11H2,1-2H3,(H,27,28);1H4. The van der Waals surface area contributed by atoms with Gasteiger partial charge in [0.15, 0.2) is 9.84 Å². The van der Waals surface area contributed by atoms with Crippen LogP contribution in [0.3, 0.4) is 0 Å². The Labute approximate surface area is 200 Å². The predicted octanol–water partition coefficient (Wildman–Crippen LogP) is 4.16. The molecular formula is C25H30N6O2S. The van der Waals surface area contributed by atoms with Gasteiger partial charge in [-0.25, -0.2) is 18.4 Å². The van der Waals surface area contributed by atoms with E-state index in [9.17, 15) is 8.42 Å². The SMILES string of the molecule is C.CC(C)S(=O)(=O)c1cccc(N2CCN(c3ncnc4ccc(-c5cn[nH]c5)cc34)CC2)c1. The number of nitrogens with one attached hydrogen (secondary N) is 1. The van der Waals surface area contributed by atoms with Crippen molar-refractivity contribution in [2.24, 2.45) is 0 Å². The number of H-pyrrole nitrogens is 1. The summed E-state index contributed by atoms with van der Waals surface area (Å²) in [7, 11) is -3.30. The number of anilines is 2.